The third-order valence-corrected chi connectivity index (χ3v) is 4.31. The molecule has 1 heterocycles. The zero-order chi connectivity index (χ0) is 18.8. The molecule has 1 amide bonds. The molecular formula is C18H27FN4O3. The monoisotopic (exact) mass is 366 g/mol. The molecule has 1 saturated heterocycles. The maximum absolute atomic E-state index is 12.9. The van der Waals surface area contributed by atoms with Crippen molar-refractivity contribution in [2.24, 2.45) is 10.4 Å². The van der Waals surface area contributed by atoms with Gasteiger partial charge in [-0.25, -0.2) is 9.38 Å². The van der Waals surface area contributed by atoms with Gasteiger partial charge in [-0.05, 0) is 44.0 Å². The van der Waals surface area contributed by atoms with Gasteiger partial charge in [-0.1, -0.05) is 0 Å². The molecule has 26 heavy (non-hydrogen) atoms. The number of ether oxygens (including phenoxy) is 1. The number of anilines is 1. The van der Waals surface area contributed by atoms with Crippen molar-refractivity contribution in [3.05, 3.63) is 30.1 Å². The van der Waals surface area contributed by atoms with Crippen LogP contribution in [0.3, 0.4) is 0 Å². The summed E-state index contributed by atoms with van der Waals surface area (Å²) in [5.41, 5.74) is 0.413. The van der Waals surface area contributed by atoms with Crippen LogP contribution in [0.2, 0.25) is 0 Å². The summed E-state index contributed by atoms with van der Waals surface area (Å²) in [6, 6.07) is 5.57. The predicted molar refractivity (Wildman–Crippen MR) is 98.6 cm³/mol. The van der Waals surface area contributed by atoms with E-state index in [0.717, 1.165) is 6.42 Å². The summed E-state index contributed by atoms with van der Waals surface area (Å²) in [5.74, 6) is -0.110. The highest BCUT2D eigenvalue weighted by Gasteiger charge is 2.34. The number of halogens is 1. The molecule has 8 heteroatoms. The Balaban J connectivity index is 1.88. The Morgan fingerprint density at radius 3 is 2.73 bits per heavy atom. The van der Waals surface area contributed by atoms with Crippen LogP contribution >= 0.6 is 0 Å². The summed E-state index contributed by atoms with van der Waals surface area (Å²) in [4.78, 5) is 16.3. The number of carbonyl (C=O) groups is 1. The zero-order valence-electron chi connectivity index (χ0n) is 15.1. The van der Waals surface area contributed by atoms with Gasteiger partial charge in [0.25, 0.3) is 0 Å². The predicted octanol–water partition coefficient (Wildman–Crippen LogP) is 1.11. The molecule has 0 aromatic heterocycles. The first-order chi connectivity index (χ1) is 12.6. The van der Waals surface area contributed by atoms with Crippen molar-refractivity contribution in [3.63, 3.8) is 0 Å². The van der Waals surface area contributed by atoms with Gasteiger partial charge in [0.15, 0.2) is 5.96 Å². The van der Waals surface area contributed by atoms with Crippen molar-refractivity contribution < 1.29 is 19.0 Å². The minimum atomic E-state index is -0.354. The fraction of sp³-hybridized carbons (Fsp3) is 0.556. The smallest absolute Gasteiger partial charge is 0.246 e. The maximum atomic E-state index is 12.9. The number of amides is 1. The van der Waals surface area contributed by atoms with E-state index in [-0.39, 0.29) is 30.3 Å². The molecule has 1 atom stereocenters. The van der Waals surface area contributed by atoms with Gasteiger partial charge in [0.2, 0.25) is 5.91 Å². The number of hydrogen-bond donors (Lipinski definition) is 4. The summed E-state index contributed by atoms with van der Waals surface area (Å²) < 4.78 is 18.4. The van der Waals surface area contributed by atoms with E-state index in [2.05, 4.69) is 20.9 Å². The fourth-order valence-electron chi connectivity index (χ4n) is 2.81. The van der Waals surface area contributed by atoms with E-state index in [1.807, 2.05) is 6.92 Å². The van der Waals surface area contributed by atoms with Gasteiger partial charge >= 0.3 is 0 Å². The number of benzene rings is 1. The molecule has 0 saturated carbocycles. The topological polar surface area (TPSA) is 95.0 Å². The van der Waals surface area contributed by atoms with E-state index < -0.39 is 0 Å². The first-order valence-corrected chi connectivity index (χ1v) is 8.83. The molecular weight excluding hydrogens is 339 g/mol. The Kier molecular flexibility index (Phi) is 7.80. The molecule has 1 aliphatic rings. The molecule has 144 valence electrons. The fourth-order valence-corrected chi connectivity index (χ4v) is 2.81. The van der Waals surface area contributed by atoms with Crippen LogP contribution in [-0.2, 0) is 9.53 Å². The van der Waals surface area contributed by atoms with E-state index in [4.69, 9.17) is 4.74 Å². The second-order valence-corrected chi connectivity index (χ2v) is 6.38. The summed E-state index contributed by atoms with van der Waals surface area (Å²) in [6.07, 6.45) is 1.54. The second-order valence-electron chi connectivity index (χ2n) is 6.38. The minimum Gasteiger partial charge on any atom is -0.396 e. The number of aliphatic imine (C=N–C) groups is 1. The average Bonchev–Trinajstić information content (AvgIpc) is 3.08. The minimum absolute atomic E-state index is 0.0593. The van der Waals surface area contributed by atoms with Crippen LogP contribution in [0.25, 0.3) is 0 Å². The lowest BCUT2D eigenvalue weighted by Crippen LogP contribution is -2.44. The Labute approximate surface area is 153 Å². The Bertz CT molecular complexity index is 601. The van der Waals surface area contributed by atoms with Crippen LogP contribution in [0.5, 0.6) is 0 Å². The molecule has 1 aromatic rings. The van der Waals surface area contributed by atoms with Crippen LogP contribution < -0.4 is 16.0 Å². The molecule has 0 bridgehead atoms. The van der Waals surface area contributed by atoms with Crippen molar-refractivity contribution in [2.45, 2.75) is 19.8 Å². The molecule has 1 aliphatic heterocycles. The number of hydrogen-bond acceptors (Lipinski definition) is 4. The SMILES string of the molecule is CCNC(=NCC(=O)Nc1ccc(F)cc1)NCC1(CCO)CCOC1. The van der Waals surface area contributed by atoms with E-state index in [1.165, 1.54) is 24.3 Å². The number of rotatable bonds is 8. The number of guanidine groups is 1. The number of nitrogens with zero attached hydrogens (tertiary/aromatic N) is 1. The molecule has 2 rings (SSSR count). The lowest BCUT2D eigenvalue weighted by molar-refractivity contribution is -0.114. The van der Waals surface area contributed by atoms with Crippen LogP contribution in [0.1, 0.15) is 19.8 Å². The summed E-state index contributed by atoms with van der Waals surface area (Å²) in [5, 5.41) is 18.3. The largest absolute Gasteiger partial charge is 0.396 e. The molecule has 0 radical (unpaired) electrons. The summed E-state index contributed by atoms with van der Waals surface area (Å²) >= 11 is 0. The highest BCUT2D eigenvalue weighted by atomic mass is 19.1. The Hall–Kier alpha value is -2.19. The van der Waals surface area contributed by atoms with Crippen molar-refractivity contribution >= 4 is 17.6 Å². The quantitative estimate of drug-likeness (QED) is 0.408. The zero-order valence-corrected chi connectivity index (χ0v) is 15.1. The van der Waals surface area contributed by atoms with Crippen molar-refractivity contribution in [2.75, 3.05) is 44.8 Å². The normalized spacial score (nSPS) is 20.0. The van der Waals surface area contributed by atoms with Gasteiger partial charge in [-0.3, -0.25) is 4.79 Å². The van der Waals surface area contributed by atoms with Crippen LogP contribution in [-0.4, -0.2) is 56.4 Å². The first-order valence-electron chi connectivity index (χ1n) is 8.83. The van der Waals surface area contributed by atoms with Gasteiger partial charge in [0.1, 0.15) is 12.4 Å². The molecule has 7 nitrogen and oxygen atoms in total. The summed E-state index contributed by atoms with van der Waals surface area (Å²) in [6.45, 7) is 4.56. The number of carbonyl (C=O) groups excluding carboxylic acids is 1. The lowest BCUT2D eigenvalue weighted by atomic mass is 9.84. The molecule has 1 unspecified atom stereocenters. The van der Waals surface area contributed by atoms with Gasteiger partial charge < -0.3 is 25.8 Å². The lowest BCUT2D eigenvalue weighted by Gasteiger charge is -2.27. The van der Waals surface area contributed by atoms with Gasteiger partial charge in [0.05, 0.1) is 6.61 Å². The number of aliphatic hydroxyl groups is 1. The number of aliphatic hydroxyl groups excluding tert-OH is 1. The maximum Gasteiger partial charge on any atom is 0.246 e. The highest BCUT2D eigenvalue weighted by molar-refractivity contribution is 5.94. The van der Waals surface area contributed by atoms with Gasteiger partial charge in [-0.2, -0.15) is 0 Å². The third-order valence-electron chi connectivity index (χ3n) is 4.31. The summed E-state index contributed by atoms with van der Waals surface area (Å²) in [7, 11) is 0. The van der Waals surface area contributed by atoms with Gasteiger partial charge in [0, 0.05) is 37.4 Å². The van der Waals surface area contributed by atoms with Crippen LogP contribution in [0, 0.1) is 11.2 Å². The molecule has 0 aliphatic carbocycles. The Morgan fingerprint density at radius 1 is 1.35 bits per heavy atom. The van der Waals surface area contributed by atoms with E-state index >= 15 is 0 Å². The molecule has 1 fully saturated rings. The Morgan fingerprint density at radius 2 is 2.12 bits per heavy atom. The van der Waals surface area contributed by atoms with Crippen LogP contribution in [0.15, 0.2) is 29.3 Å². The standard InChI is InChI=1S/C18H27FN4O3/c1-2-20-17(22-12-18(7-9-24)8-10-26-13-18)21-11-16(25)23-15-5-3-14(19)4-6-15/h3-6,24H,2,7-13H2,1H3,(H,23,25)(H2,20,21,22). The van der Waals surface area contributed by atoms with E-state index in [0.29, 0.717) is 44.4 Å². The highest BCUT2D eigenvalue weighted by Crippen LogP contribution is 2.31. The van der Waals surface area contributed by atoms with Crippen LogP contribution in [0.4, 0.5) is 10.1 Å². The number of nitrogens with one attached hydrogen (secondary N) is 3. The van der Waals surface area contributed by atoms with Crippen molar-refractivity contribution in [1.29, 1.82) is 0 Å². The molecule has 4 N–H and O–H groups in total. The van der Waals surface area contributed by atoms with Gasteiger partial charge in [-0.15, -0.1) is 0 Å². The van der Waals surface area contributed by atoms with Crippen molar-refractivity contribution in [3.8, 4) is 0 Å². The first kappa shape index (κ1) is 20.1. The third kappa shape index (κ3) is 6.27. The van der Waals surface area contributed by atoms with E-state index in [9.17, 15) is 14.3 Å². The average molecular weight is 366 g/mol. The second kappa shape index (κ2) is 10.1. The molecule has 0 spiro atoms. The molecule has 1 aromatic carbocycles. The van der Waals surface area contributed by atoms with Crippen molar-refractivity contribution in [1.82, 2.24) is 10.6 Å². The van der Waals surface area contributed by atoms with E-state index in [1.54, 1.807) is 0 Å².